The third kappa shape index (κ3) is 4.56. The lowest BCUT2D eigenvalue weighted by molar-refractivity contribution is 0.436. The minimum Gasteiger partial charge on any atom is -0.457 e. The van der Waals surface area contributed by atoms with E-state index in [0.717, 1.165) is 88.4 Å². The maximum Gasteiger partial charge on any atom is 0.160 e. The summed E-state index contributed by atoms with van der Waals surface area (Å²) in [6.45, 7) is 0. The first-order valence-corrected chi connectivity index (χ1v) is 20.7. The Labute approximate surface area is 343 Å². The maximum atomic E-state index is 6.63. The predicted molar refractivity (Wildman–Crippen MR) is 241 cm³/mol. The van der Waals surface area contributed by atoms with Gasteiger partial charge in [-0.1, -0.05) is 146 Å². The Morgan fingerprint density at radius 3 is 1.86 bits per heavy atom. The molecule has 0 atom stereocenters. The Bertz CT molecular complexity index is 3510. The molecule has 5 heteroatoms. The van der Waals surface area contributed by atoms with Crippen LogP contribution >= 0.6 is 11.3 Å². The number of fused-ring (bicyclic) bond motifs is 15. The Balaban J connectivity index is 1.09. The summed E-state index contributed by atoms with van der Waals surface area (Å²) in [6.07, 6.45) is 0. The first-order chi connectivity index (χ1) is 29.2. The summed E-state index contributed by atoms with van der Waals surface area (Å²) in [6, 6.07) is 67.0. The zero-order valence-electron chi connectivity index (χ0n) is 31.6. The molecule has 1 aliphatic heterocycles. The van der Waals surface area contributed by atoms with E-state index in [1.54, 1.807) is 11.3 Å². The van der Waals surface area contributed by atoms with Crippen LogP contribution in [0.15, 0.2) is 188 Å². The summed E-state index contributed by atoms with van der Waals surface area (Å²) in [5.41, 5.74) is 13.6. The quantitative estimate of drug-likeness (QED) is 0.168. The van der Waals surface area contributed by atoms with Gasteiger partial charge in [0.1, 0.15) is 11.5 Å². The normalized spacial score (nSPS) is 13.4. The van der Waals surface area contributed by atoms with E-state index >= 15 is 0 Å². The maximum absolute atomic E-state index is 6.63. The largest absolute Gasteiger partial charge is 0.457 e. The molecule has 1 spiro atoms. The Kier molecular flexibility index (Phi) is 6.78. The number of hydrogen-bond donors (Lipinski definition) is 0. The van der Waals surface area contributed by atoms with E-state index < -0.39 is 5.41 Å². The van der Waals surface area contributed by atoms with Gasteiger partial charge in [0.15, 0.2) is 5.82 Å². The zero-order valence-corrected chi connectivity index (χ0v) is 32.4. The monoisotopic (exact) mass is 769 g/mol. The van der Waals surface area contributed by atoms with E-state index in [1.807, 2.05) is 18.2 Å². The lowest BCUT2D eigenvalue weighted by Gasteiger charge is -2.39. The van der Waals surface area contributed by atoms with Gasteiger partial charge in [-0.2, -0.15) is 0 Å². The van der Waals surface area contributed by atoms with Gasteiger partial charge in [-0.3, -0.25) is 0 Å². The van der Waals surface area contributed by atoms with Crippen molar-refractivity contribution in [2.45, 2.75) is 5.41 Å². The fourth-order valence-corrected chi connectivity index (χ4v) is 11.0. The van der Waals surface area contributed by atoms with Crippen LogP contribution in [0.5, 0.6) is 11.5 Å². The zero-order chi connectivity index (χ0) is 38.7. The third-order valence-electron chi connectivity index (χ3n) is 12.3. The van der Waals surface area contributed by atoms with Crippen LogP contribution in [0.2, 0.25) is 0 Å². The lowest BCUT2D eigenvalue weighted by Crippen LogP contribution is -2.32. The second kappa shape index (κ2) is 12.3. The van der Waals surface area contributed by atoms with Crippen LogP contribution in [-0.4, -0.2) is 15.0 Å². The van der Waals surface area contributed by atoms with Crippen LogP contribution in [-0.2, 0) is 5.41 Å². The van der Waals surface area contributed by atoms with Crippen LogP contribution < -0.4 is 4.74 Å². The van der Waals surface area contributed by atoms with Gasteiger partial charge < -0.3 is 4.74 Å². The molecule has 274 valence electrons. The van der Waals surface area contributed by atoms with Gasteiger partial charge in [0.25, 0.3) is 0 Å². The standard InChI is InChI=1S/C54H31N3OS/c1-2-15-32(16-3-1)53-56-50(52-51(57-53)37-21-6-13-28-48(37)59-52)34-18-14-17-33(29-34)49-40-30-39-35-19-4-7-22-41(35)54(44(39)31-38(40)36-20-5-10-25-45(36)55-49)42-23-8-11-26-46(42)58-47-27-12-9-24-43(47)54/h1-31H. The second-order valence-corrected chi connectivity index (χ2v) is 16.5. The molecule has 0 saturated carbocycles. The van der Waals surface area contributed by atoms with Crippen molar-refractivity contribution in [3.8, 4) is 56.5 Å². The van der Waals surface area contributed by atoms with Crippen molar-refractivity contribution in [3.63, 3.8) is 0 Å². The molecule has 3 aromatic heterocycles. The summed E-state index contributed by atoms with van der Waals surface area (Å²) in [5, 5.41) is 4.55. The molecule has 8 aromatic carbocycles. The van der Waals surface area contributed by atoms with E-state index in [9.17, 15) is 0 Å². The number of aromatic nitrogens is 3. The van der Waals surface area contributed by atoms with Crippen molar-refractivity contribution >= 4 is 53.3 Å². The molecule has 1 aliphatic carbocycles. The van der Waals surface area contributed by atoms with E-state index in [1.165, 1.54) is 32.3 Å². The topological polar surface area (TPSA) is 47.9 Å². The average molecular weight is 770 g/mol. The van der Waals surface area contributed by atoms with E-state index in [4.69, 9.17) is 19.7 Å². The smallest absolute Gasteiger partial charge is 0.160 e. The molecule has 4 nitrogen and oxygen atoms in total. The first kappa shape index (κ1) is 32.6. The number of thiophene rings is 1. The Morgan fingerprint density at radius 2 is 1.05 bits per heavy atom. The molecule has 0 radical (unpaired) electrons. The highest BCUT2D eigenvalue weighted by Gasteiger charge is 2.51. The molecule has 0 N–H and O–H groups in total. The van der Waals surface area contributed by atoms with Crippen LogP contribution in [0.4, 0.5) is 0 Å². The molecule has 0 fully saturated rings. The number of pyridine rings is 1. The summed E-state index contributed by atoms with van der Waals surface area (Å²) < 4.78 is 8.91. The second-order valence-electron chi connectivity index (χ2n) is 15.4. The van der Waals surface area contributed by atoms with Crippen molar-refractivity contribution in [1.29, 1.82) is 0 Å². The summed E-state index contributed by atoms with van der Waals surface area (Å²) in [5.74, 6) is 2.49. The highest BCUT2D eigenvalue weighted by molar-refractivity contribution is 7.26. The summed E-state index contributed by atoms with van der Waals surface area (Å²) in [7, 11) is 0. The van der Waals surface area contributed by atoms with Gasteiger partial charge in [-0.15, -0.1) is 11.3 Å². The van der Waals surface area contributed by atoms with Gasteiger partial charge in [0.2, 0.25) is 0 Å². The number of nitrogens with zero attached hydrogens (tertiary/aromatic N) is 3. The van der Waals surface area contributed by atoms with Crippen molar-refractivity contribution in [1.82, 2.24) is 15.0 Å². The van der Waals surface area contributed by atoms with Crippen molar-refractivity contribution in [3.05, 3.63) is 210 Å². The van der Waals surface area contributed by atoms with Gasteiger partial charge >= 0.3 is 0 Å². The van der Waals surface area contributed by atoms with Crippen molar-refractivity contribution < 1.29 is 4.74 Å². The van der Waals surface area contributed by atoms with Crippen LogP contribution in [0.3, 0.4) is 0 Å². The number of para-hydroxylation sites is 3. The number of ether oxygens (including phenoxy) is 1. The Morgan fingerprint density at radius 1 is 0.407 bits per heavy atom. The minimum absolute atomic E-state index is 0.560. The van der Waals surface area contributed by atoms with Gasteiger partial charge in [-0.25, -0.2) is 15.0 Å². The molecule has 2 aliphatic rings. The molecule has 0 saturated heterocycles. The average Bonchev–Trinajstić information content (AvgIpc) is 3.82. The Hall–Kier alpha value is -7.47. The molecular formula is C54H31N3OS. The predicted octanol–water partition coefficient (Wildman–Crippen LogP) is 14.0. The number of rotatable bonds is 3. The van der Waals surface area contributed by atoms with Gasteiger partial charge in [-0.05, 0) is 70.1 Å². The third-order valence-corrected chi connectivity index (χ3v) is 13.5. The number of benzene rings is 8. The molecule has 4 heterocycles. The minimum atomic E-state index is -0.560. The highest BCUT2D eigenvalue weighted by Crippen LogP contribution is 2.62. The molecule has 0 amide bonds. The fourth-order valence-electron chi connectivity index (χ4n) is 9.83. The molecular weight excluding hydrogens is 739 g/mol. The molecule has 0 bridgehead atoms. The molecule has 13 rings (SSSR count). The lowest BCUT2D eigenvalue weighted by atomic mass is 9.66. The summed E-state index contributed by atoms with van der Waals surface area (Å²) >= 11 is 1.75. The SMILES string of the molecule is c1ccc(-c2nc(-c3cccc(-c4nc5ccccc5c5cc6c(cc45)-c4ccccc4C64c5ccccc5Oc5ccccc54)c3)c3sc4ccccc4c3n2)cc1. The van der Waals surface area contributed by atoms with Crippen LogP contribution in [0.1, 0.15) is 22.3 Å². The van der Waals surface area contributed by atoms with Gasteiger partial charge in [0, 0.05) is 48.7 Å². The first-order valence-electron chi connectivity index (χ1n) is 19.9. The van der Waals surface area contributed by atoms with Crippen molar-refractivity contribution in [2.24, 2.45) is 0 Å². The van der Waals surface area contributed by atoms with Crippen LogP contribution in [0, 0.1) is 0 Å². The van der Waals surface area contributed by atoms with Crippen LogP contribution in [0.25, 0.3) is 87.0 Å². The molecule has 0 unspecified atom stereocenters. The van der Waals surface area contributed by atoms with E-state index in [-0.39, 0.29) is 0 Å². The fraction of sp³-hybridized carbons (Fsp3) is 0.0185. The highest BCUT2D eigenvalue weighted by atomic mass is 32.1. The van der Waals surface area contributed by atoms with Crippen molar-refractivity contribution in [2.75, 3.05) is 0 Å². The number of hydrogen-bond acceptors (Lipinski definition) is 5. The summed E-state index contributed by atoms with van der Waals surface area (Å²) in [4.78, 5) is 16.0. The van der Waals surface area contributed by atoms with Gasteiger partial charge in [0.05, 0.1) is 32.5 Å². The molecule has 11 aromatic rings. The van der Waals surface area contributed by atoms with E-state index in [0.29, 0.717) is 0 Å². The molecule has 59 heavy (non-hydrogen) atoms. The van der Waals surface area contributed by atoms with E-state index in [2.05, 4.69) is 170 Å².